The number of aryl methyl sites for hydroxylation is 2. The van der Waals surface area contributed by atoms with E-state index in [0.717, 1.165) is 16.7 Å². The van der Waals surface area contributed by atoms with E-state index in [4.69, 9.17) is 4.74 Å². The molecular formula is C23H24N2O4S2. The zero-order valence-corrected chi connectivity index (χ0v) is 19.1. The second kappa shape index (κ2) is 8.92. The number of anilines is 1. The van der Waals surface area contributed by atoms with E-state index in [-0.39, 0.29) is 10.8 Å². The van der Waals surface area contributed by atoms with Gasteiger partial charge in [0.1, 0.15) is 0 Å². The van der Waals surface area contributed by atoms with E-state index in [2.05, 4.69) is 5.32 Å². The Bertz CT molecular complexity index is 1190. The maximum absolute atomic E-state index is 13.1. The van der Waals surface area contributed by atoms with E-state index in [0.29, 0.717) is 42.4 Å². The molecule has 1 N–H and O–H groups in total. The molecule has 1 amide bonds. The quantitative estimate of drug-likeness (QED) is 0.621. The normalized spacial score (nSPS) is 15.0. The van der Waals surface area contributed by atoms with Crippen LogP contribution in [0.15, 0.2) is 58.8 Å². The van der Waals surface area contributed by atoms with Gasteiger partial charge < -0.3 is 10.1 Å². The molecule has 0 atom stereocenters. The number of nitrogens with zero attached hydrogens (tertiary/aromatic N) is 1. The number of benzene rings is 2. The Morgan fingerprint density at radius 3 is 2.45 bits per heavy atom. The highest BCUT2D eigenvalue weighted by Gasteiger charge is 2.28. The number of ether oxygens (including phenoxy) is 1. The zero-order chi connectivity index (χ0) is 22.0. The van der Waals surface area contributed by atoms with Crippen molar-refractivity contribution < 1.29 is 17.9 Å². The van der Waals surface area contributed by atoms with Crippen LogP contribution in [0.1, 0.15) is 20.8 Å². The van der Waals surface area contributed by atoms with E-state index in [9.17, 15) is 13.2 Å². The van der Waals surface area contributed by atoms with E-state index in [1.807, 2.05) is 42.6 Å². The minimum atomic E-state index is -3.66. The topological polar surface area (TPSA) is 75.7 Å². The van der Waals surface area contributed by atoms with Crippen molar-refractivity contribution >= 4 is 33.0 Å². The SMILES string of the molecule is Cc1ccc(-c2ccsc2C(=O)Nc2ccc(C)c(S(=O)(=O)N3CCOCC3)c2)cc1. The summed E-state index contributed by atoms with van der Waals surface area (Å²) in [5.41, 5.74) is 4.07. The average molecular weight is 457 g/mol. The van der Waals surface area contributed by atoms with Crippen LogP contribution in [0.4, 0.5) is 5.69 Å². The summed E-state index contributed by atoms with van der Waals surface area (Å²) in [7, 11) is -3.66. The summed E-state index contributed by atoms with van der Waals surface area (Å²) in [6, 6.07) is 14.9. The Morgan fingerprint density at radius 2 is 1.74 bits per heavy atom. The molecule has 1 fully saturated rings. The number of rotatable bonds is 5. The number of carbonyl (C=O) groups is 1. The summed E-state index contributed by atoms with van der Waals surface area (Å²) < 4.78 is 32.9. The Labute approximate surface area is 186 Å². The van der Waals surface area contributed by atoms with E-state index >= 15 is 0 Å². The third-order valence-corrected chi connectivity index (χ3v) is 8.22. The number of hydrogen-bond donors (Lipinski definition) is 1. The van der Waals surface area contributed by atoms with Crippen LogP contribution in [-0.4, -0.2) is 44.9 Å². The number of thiophene rings is 1. The molecular weight excluding hydrogens is 432 g/mol. The van der Waals surface area contributed by atoms with Crippen LogP contribution in [0.2, 0.25) is 0 Å². The van der Waals surface area contributed by atoms with E-state index in [1.165, 1.54) is 21.7 Å². The molecule has 8 heteroatoms. The lowest BCUT2D eigenvalue weighted by molar-refractivity contribution is 0.0730. The largest absolute Gasteiger partial charge is 0.379 e. The Hall–Kier alpha value is -2.52. The number of sulfonamides is 1. The monoisotopic (exact) mass is 456 g/mol. The van der Waals surface area contributed by atoms with Gasteiger partial charge in [-0.2, -0.15) is 4.31 Å². The highest BCUT2D eigenvalue weighted by Crippen LogP contribution is 2.30. The Balaban J connectivity index is 1.60. The highest BCUT2D eigenvalue weighted by molar-refractivity contribution is 7.89. The van der Waals surface area contributed by atoms with E-state index < -0.39 is 10.0 Å². The molecule has 31 heavy (non-hydrogen) atoms. The fourth-order valence-electron chi connectivity index (χ4n) is 3.52. The van der Waals surface area contributed by atoms with Crippen molar-refractivity contribution in [2.45, 2.75) is 18.7 Å². The number of carbonyl (C=O) groups excluding carboxylic acids is 1. The van der Waals surface area contributed by atoms with Crippen molar-refractivity contribution in [3.63, 3.8) is 0 Å². The van der Waals surface area contributed by atoms with Gasteiger partial charge in [0.05, 0.1) is 23.0 Å². The van der Waals surface area contributed by atoms with Crippen LogP contribution in [0.3, 0.4) is 0 Å². The summed E-state index contributed by atoms with van der Waals surface area (Å²) in [5.74, 6) is -0.260. The molecule has 0 bridgehead atoms. The number of nitrogens with one attached hydrogen (secondary N) is 1. The fraction of sp³-hybridized carbons (Fsp3) is 0.261. The van der Waals surface area contributed by atoms with Gasteiger partial charge >= 0.3 is 0 Å². The summed E-state index contributed by atoms with van der Waals surface area (Å²) in [6.07, 6.45) is 0. The molecule has 0 radical (unpaired) electrons. The number of hydrogen-bond acceptors (Lipinski definition) is 5. The lowest BCUT2D eigenvalue weighted by atomic mass is 10.0. The lowest BCUT2D eigenvalue weighted by Gasteiger charge is -2.26. The smallest absolute Gasteiger partial charge is 0.266 e. The van der Waals surface area contributed by atoms with Crippen LogP contribution in [0.25, 0.3) is 11.1 Å². The van der Waals surface area contributed by atoms with Gasteiger partial charge in [-0.25, -0.2) is 8.42 Å². The van der Waals surface area contributed by atoms with Crippen molar-refractivity contribution in [3.05, 3.63) is 69.9 Å². The van der Waals surface area contributed by atoms with Crippen molar-refractivity contribution in [1.82, 2.24) is 4.31 Å². The fourth-order valence-corrected chi connectivity index (χ4v) is 5.99. The number of amides is 1. The third-order valence-electron chi connectivity index (χ3n) is 5.27. The second-order valence-electron chi connectivity index (χ2n) is 7.48. The van der Waals surface area contributed by atoms with E-state index in [1.54, 1.807) is 19.1 Å². The van der Waals surface area contributed by atoms with Gasteiger partial charge in [0, 0.05) is 24.3 Å². The minimum absolute atomic E-state index is 0.206. The molecule has 2 heterocycles. The summed E-state index contributed by atoms with van der Waals surface area (Å²) in [6.45, 7) is 5.20. The molecule has 0 saturated carbocycles. The Morgan fingerprint density at radius 1 is 1.03 bits per heavy atom. The van der Waals surface area contributed by atoms with Gasteiger partial charge in [-0.3, -0.25) is 4.79 Å². The summed E-state index contributed by atoms with van der Waals surface area (Å²) in [5, 5.41) is 4.75. The molecule has 2 aromatic carbocycles. The maximum atomic E-state index is 13.1. The molecule has 0 unspecified atom stereocenters. The zero-order valence-electron chi connectivity index (χ0n) is 17.4. The van der Waals surface area contributed by atoms with Gasteiger partial charge in [-0.15, -0.1) is 11.3 Å². The molecule has 1 aromatic heterocycles. The first-order valence-electron chi connectivity index (χ1n) is 10.0. The first-order chi connectivity index (χ1) is 14.9. The van der Waals surface area contributed by atoms with Crippen molar-refractivity contribution in [3.8, 4) is 11.1 Å². The predicted molar refractivity (Wildman–Crippen MR) is 123 cm³/mol. The molecule has 1 saturated heterocycles. The standard InChI is InChI=1S/C23H24N2O4S2/c1-16-3-6-18(7-4-16)20-9-14-30-22(20)23(26)24-19-8-5-17(2)21(15-19)31(27,28)25-10-12-29-13-11-25/h3-9,14-15H,10-13H2,1-2H3,(H,24,26). The average Bonchev–Trinajstić information content (AvgIpc) is 3.26. The second-order valence-corrected chi connectivity index (χ2v) is 10.3. The van der Waals surface area contributed by atoms with Crippen LogP contribution in [-0.2, 0) is 14.8 Å². The minimum Gasteiger partial charge on any atom is -0.379 e. The molecule has 1 aliphatic heterocycles. The maximum Gasteiger partial charge on any atom is 0.266 e. The summed E-state index contributed by atoms with van der Waals surface area (Å²) >= 11 is 1.36. The van der Waals surface area contributed by atoms with Gasteiger partial charge in [0.2, 0.25) is 10.0 Å². The van der Waals surface area contributed by atoms with Crippen LogP contribution in [0, 0.1) is 13.8 Å². The first kappa shape index (κ1) is 21.7. The summed E-state index contributed by atoms with van der Waals surface area (Å²) in [4.78, 5) is 13.8. The Kier molecular flexibility index (Phi) is 6.24. The highest BCUT2D eigenvalue weighted by atomic mass is 32.2. The van der Waals surface area contributed by atoms with Crippen molar-refractivity contribution in [2.75, 3.05) is 31.6 Å². The molecule has 1 aliphatic rings. The first-order valence-corrected chi connectivity index (χ1v) is 12.3. The van der Waals surface area contributed by atoms with Crippen LogP contribution >= 0.6 is 11.3 Å². The lowest BCUT2D eigenvalue weighted by Crippen LogP contribution is -2.40. The van der Waals surface area contributed by atoms with Crippen molar-refractivity contribution in [2.24, 2.45) is 0 Å². The molecule has 4 rings (SSSR count). The molecule has 0 aliphatic carbocycles. The predicted octanol–water partition coefficient (Wildman–Crippen LogP) is 4.31. The van der Waals surface area contributed by atoms with Gasteiger partial charge in [-0.05, 0) is 48.6 Å². The van der Waals surface area contributed by atoms with Gasteiger partial charge in [0.15, 0.2) is 0 Å². The third kappa shape index (κ3) is 4.57. The molecule has 6 nitrogen and oxygen atoms in total. The van der Waals surface area contributed by atoms with Crippen LogP contribution < -0.4 is 5.32 Å². The molecule has 0 spiro atoms. The van der Waals surface area contributed by atoms with Crippen LogP contribution in [0.5, 0.6) is 0 Å². The van der Waals surface area contributed by atoms with Gasteiger partial charge in [0.25, 0.3) is 5.91 Å². The van der Waals surface area contributed by atoms with Crippen molar-refractivity contribution in [1.29, 1.82) is 0 Å². The number of morpholine rings is 1. The molecule has 162 valence electrons. The van der Waals surface area contributed by atoms with Gasteiger partial charge in [-0.1, -0.05) is 35.9 Å². The molecule has 3 aromatic rings.